The van der Waals surface area contributed by atoms with E-state index in [2.05, 4.69) is 5.32 Å². The summed E-state index contributed by atoms with van der Waals surface area (Å²) >= 11 is 0. The number of aliphatic hydroxyl groups excluding tert-OH is 2. The van der Waals surface area contributed by atoms with Crippen LogP contribution >= 0.6 is 0 Å². The van der Waals surface area contributed by atoms with Gasteiger partial charge in [0.25, 0.3) is 5.91 Å². The fraction of sp³-hybridized carbons (Fsp3) is 0.455. The molecule has 2 bridgehead atoms. The fourth-order valence-electron chi connectivity index (χ4n) is 9.73. The SMILES string of the molecule is CC1=C2C(O)C(=O)[C@]3(C)C(O)CC4OC[C@@]4(O)C3C(OC(=O)c3ccccc3)C(O)(CC1OC(=O)[C@H](C)C(NC(=O)c1ccccc1)c1ccccc1)C2(C)C. The Morgan fingerprint density at radius 3 is 2.00 bits per heavy atom. The molecule has 1 heterocycles. The molecule has 12 heteroatoms. The van der Waals surface area contributed by atoms with Crippen LogP contribution in [0.5, 0.6) is 0 Å². The van der Waals surface area contributed by atoms with Crippen LogP contribution in [0.3, 0.4) is 0 Å². The molecule has 0 spiro atoms. The summed E-state index contributed by atoms with van der Waals surface area (Å²) in [6.07, 6.45) is -7.80. The van der Waals surface area contributed by atoms with Gasteiger partial charge < -0.3 is 40.0 Å². The van der Waals surface area contributed by atoms with Crippen LogP contribution in [-0.4, -0.2) is 92.4 Å². The minimum atomic E-state index is -2.22. The number of benzene rings is 3. The van der Waals surface area contributed by atoms with Gasteiger partial charge in [-0.2, -0.15) is 0 Å². The first-order chi connectivity index (χ1) is 26.5. The van der Waals surface area contributed by atoms with E-state index in [-0.39, 0.29) is 30.6 Å². The third-order valence-electron chi connectivity index (χ3n) is 13.2. The van der Waals surface area contributed by atoms with E-state index in [1.165, 1.54) is 19.1 Å². The zero-order valence-corrected chi connectivity index (χ0v) is 32.0. The Bertz CT molecular complexity index is 2040. The van der Waals surface area contributed by atoms with Crippen molar-refractivity contribution in [1.29, 1.82) is 0 Å². The second-order valence-electron chi connectivity index (χ2n) is 16.6. The second-order valence-corrected chi connectivity index (χ2v) is 16.6. The molecule has 0 aromatic heterocycles. The number of fused-ring (bicyclic) bond motifs is 5. The van der Waals surface area contributed by atoms with Crippen molar-refractivity contribution in [1.82, 2.24) is 5.32 Å². The maximum absolute atomic E-state index is 14.8. The van der Waals surface area contributed by atoms with Crippen LogP contribution in [0, 0.1) is 22.7 Å². The van der Waals surface area contributed by atoms with Crippen molar-refractivity contribution in [2.75, 3.05) is 6.61 Å². The highest BCUT2D eigenvalue weighted by molar-refractivity contribution is 5.95. The predicted octanol–water partition coefficient (Wildman–Crippen LogP) is 3.87. The highest BCUT2D eigenvalue weighted by Gasteiger charge is 2.76. The first kappa shape index (κ1) is 39.5. The number of hydrogen-bond donors (Lipinski definition) is 5. The Hall–Kier alpha value is -4.72. The average Bonchev–Trinajstić information content (AvgIpc) is 3.19. The van der Waals surface area contributed by atoms with Crippen molar-refractivity contribution in [3.8, 4) is 0 Å². The molecule has 3 aromatic carbocycles. The number of carbonyl (C=O) groups is 4. The van der Waals surface area contributed by atoms with E-state index >= 15 is 0 Å². The molecule has 2 saturated carbocycles. The monoisotopic (exact) mass is 767 g/mol. The van der Waals surface area contributed by atoms with Gasteiger partial charge in [-0.15, -0.1) is 0 Å². The van der Waals surface area contributed by atoms with Gasteiger partial charge in [0.15, 0.2) is 5.78 Å². The molecule has 1 aliphatic heterocycles. The van der Waals surface area contributed by atoms with E-state index in [0.717, 1.165) is 0 Å². The van der Waals surface area contributed by atoms with E-state index in [1.54, 1.807) is 100 Å². The minimum absolute atomic E-state index is 0.0466. The molecule has 56 heavy (non-hydrogen) atoms. The Morgan fingerprint density at radius 1 is 0.857 bits per heavy atom. The number of hydrogen-bond acceptors (Lipinski definition) is 11. The number of amides is 1. The van der Waals surface area contributed by atoms with Gasteiger partial charge in [-0.1, -0.05) is 80.6 Å². The molecular weight excluding hydrogens is 718 g/mol. The first-order valence-electron chi connectivity index (χ1n) is 19.0. The molecule has 4 aliphatic rings. The summed E-state index contributed by atoms with van der Waals surface area (Å²) in [6, 6.07) is 24.7. The first-order valence-corrected chi connectivity index (χ1v) is 19.0. The van der Waals surface area contributed by atoms with E-state index in [9.17, 15) is 39.6 Å². The van der Waals surface area contributed by atoms with Gasteiger partial charge in [0.05, 0.1) is 41.8 Å². The second kappa shape index (κ2) is 14.3. The van der Waals surface area contributed by atoms with Crippen LogP contribution < -0.4 is 5.32 Å². The zero-order valence-electron chi connectivity index (χ0n) is 32.0. The van der Waals surface area contributed by atoms with Gasteiger partial charge in [-0.3, -0.25) is 14.4 Å². The molecule has 3 aromatic rings. The molecule has 8 unspecified atom stereocenters. The zero-order chi connectivity index (χ0) is 40.4. The van der Waals surface area contributed by atoms with Crippen LogP contribution in [0.15, 0.2) is 102 Å². The topological polar surface area (TPSA) is 189 Å². The summed E-state index contributed by atoms with van der Waals surface area (Å²) in [6.45, 7) is 7.57. The predicted molar refractivity (Wildman–Crippen MR) is 202 cm³/mol. The summed E-state index contributed by atoms with van der Waals surface area (Å²) in [5.41, 5.74) is -6.02. The van der Waals surface area contributed by atoms with Gasteiger partial charge in [0, 0.05) is 29.7 Å². The number of ketones is 1. The molecular formula is C44H49NO11. The van der Waals surface area contributed by atoms with Crippen molar-refractivity contribution in [3.05, 3.63) is 119 Å². The third kappa shape index (κ3) is 6.10. The van der Waals surface area contributed by atoms with Gasteiger partial charge in [-0.05, 0) is 61.7 Å². The lowest BCUT2D eigenvalue weighted by atomic mass is 9.44. The van der Waals surface area contributed by atoms with Crippen molar-refractivity contribution >= 4 is 23.6 Å². The standard InChI is InChI=1S/C44H49NO11/c1-24-29(55-39(50)25(2)33(26-15-9-6-10-16-26)45-38(49)27-17-11-7-12-18-27)22-44(53)37(56-40(51)28-19-13-8-14-20-28)35-42(5,30(46)21-31-43(35,52)23-54-31)36(48)34(47)32(24)41(44,3)4/h6-20,25,29-31,33-35,37,46-47,52-53H,21-23H2,1-5H3,(H,45,49)/t25-,29?,30?,31?,33?,34?,35?,37?,42-,43+,44?/m1/s1. The molecule has 7 rings (SSSR count). The number of carbonyl (C=O) groups excluding carboxylic acids is 4. The smallest absolute Gasteiger partial charge is 0.338 e. The largest absolute Gasteiger partial charge is 0.457 e. The van der Waals surface area contributed by atoms with Crippen molar-refractivity contribution in [2.45, 2.75) is 95.2 Å². The molecule has 296 valence electrons. The van der Waals surface area contributed by atoms with E-state index < -0.39 is 94.1 Å². The molecule has 0 radical (unpaired) electrons. The summed E-state index contributed by atoms with van der Waals surface area (Å²) in [5.74, 6) is -5.31. The molecule has 5 N–H and O–H groups in total. The van der Waals surface area contributed by atoms with Crippen LogP contribution in [0.4, 0.5) is 0 Å². The van der Waals surface area contributed by atoms with Crippen LogP contribution in [0.1, 0.15) is 79.8 Å². The lowest BCUT2D eigenvalue weighted by Gasteiger charge is -2.66. The van der Waals surface area contributed by atoms with E-state index in [4.69, 9.17) is 14.2 Å². The molecule has 11 atom stereocenters. The number of ether oxygens (including phenoxy) is 3. The summed E-state index contributed by atoms with van der Waals surface area (Å²) < 4.78 is 18.2. The molecule has 3 aliphatic carbocycles. The van der Waals surface area contributed by atoms with Gasteiger partial charge in [0.2, 0.25) is 0 Å². The van der Waals surface area contributed by atoms with Crippen LogP contribution in [0.2, 0.25) is 0 Å². The Kier molecular flexibility index (Phi) is 10.1. The minimum Gasteiger partial charge on any atom is -0.457 e. The van der Waals surface area contributed by atoms with Gasteiger partial charge in [0.1, 0.15) is 29.5 Å². The molecule has 12 nitrogen and oxygen atoms in total. The van der Waals surface area contributed by atoms with Crippen molar-refractivity contribution < 1.29 is 53.8 Å². The third-order valence-corrected chi connectivity index (χ3v) is 13.2. The maximum atomic E-state index is 14.8. The highest BCUT2D eigenvalue weighted by Crippen LogP contribution is 2.63. The Balaban J connectivity index is 1.31. The number of rotatable bonds is 8. The normalized spacial score (nSPS) is 34.3. The van der Waals surface area contributed by atoms with Crippen molar-refractivity contribution in [3.63, 3.8) is 0 Å². The quantitative estimate of drug-likeness (QED) is 0.165. The van der Waals surface area contributed by atoms with E-state index in [1.807, 2.05) is 6.07 Å². The fourth-order valence-corrected chi connectivity index (χ4v) is 9.73. The van der Waals surface area contributed by atoms with Gasteiger partial charge in [-0.25, -0.2) is 4.79 Å². The number of aliphatic hydroxyl groups is 4. The average molecular weight is 768 g/mol. The number of Topliss-reactive ketones (excluding diaryl/α,β-unsaturated/α-hetero) is 1. The van der Waals surface area contributed by atoms with Crippen LogP contribution in [0.25, 0.3) is 0 Å². The lowest BCUT2D eigenvalue weighted by molar-refractivity contribution is -0.343. The molecule has 1 amide bonds. The van der Waals surface area contributed by atoms with E-state index in [0.29, 0.717) is 16.7 Å². The molecule has 3 fully saturated rings. The Labute approximate surface area is 325 Å². The van der Waals surface area contributed by atoms with Crippen molar-refractivity contribution in [2.24, 2.45) is 22.7 Å². The number of esters is 2. The van der Waals surface area contributed by atoms with Crippen LogP contribution in [-0.2, 0) is 23.8 Å². The summed E-state index contributed by atoms with van der Waals surface area (Å²) in [5, 5.41) is 52.4. The Morgan fingerprint density at radius 2 is 1.43 bits per heavy atom. The summed E-state index contributed by atoms with van der Waals surface area (Å²) in [4.78, 5) is 56.5. The molecule has 1 saturated heterocycles. The number of nitrogens with one attached hydrogen (secondary N) is 1. The maximum Gasteiger partial charge on any atom is 0.338 e. The summed E-state index contributed by atoms with van der Waals surface area (Å²) in [7, 11) is 0. The van der Waals surface area contributed by atoms with Gasteiger partial charge >= 0.3 is 11.9 Å². The lowest BCUT2D eigenvalue weighted by Crippen LogP contribution is -2.81. The highest BCUT2D eigenvalue weighted by atomic mass is 16.6.